The number of hydrogen-bond acceptors (Lipinski definition) is 2. The molecule has 0 unspecified atom stereocenters. The molecule has 1 amide bonds. The number of aryl methyl sites for hydroxylation is 1. The van der Waals surface area contributed by atoms with E-state index in [0.717, 1.165) is 49.1 Å². The van der Waals surface area contributed by atoms with E-state index in [0.29, 0.717) is 6.54 Å². The number of nitrogens with one attached hydrogen (secondary N) is 1. The zero-order chi connectivity index (χ0) is 15.9. The zero-order valence-electron chi connectivity index (χ0n) is 13.9. The van der Waals surface area contributed by atoms with Crippen LogP contribution >= 0.6 is 0 Å². The minimum absolute atomic E-state index is 0.105. The fourth-order valence-electron chi connectivity index (χ4n) is 2.80. The number of fused-ring (bicyclic) bond motifs is 1. The molecule has 1 aromatic carbocycles. The number of unbranched alkanes of at least 4 members (excludes halogenated alkanes) is 1. The lowest BCUT2D eigenvalue weighted by Crippen LogP contribution is -2.30. The molecule has 22 heavy (non-hydrogen) atoms. The van der Waals surface area contributed by atoms with Crippen molar-refractivity contribution in [3.05, 3.63) is 30.1 Å². The summed E-state index contributed by atoms with van der Waals surface area (Å²) in [5.41, 5.74) is 2.16. The van der Waals surface area contributed by atoms with Crippen molar-refractivity contribution in [1.29, 1.82) is 0 Å². The van der Waals surface area contributed by atoms with Gasteiger partial charge in [0, 0.05) is 12.5 Å². The van der Waals surface area contributed by atoms with E-state index in [1.807, 2.05) is 18.2 Å². The van der Waals surface area contributed by atoms with Crippen molar-refractivity contribution in [3.63, 3.8) is 0 Å². The Morgan fingerprint density at radius 3 is 2.64 bits per heavy atom. The van der Waals surface area contributed by atoms with Crippen molar-refractivity contribution in [1.82, 2.24) is 14.9 Å². The minimum Gasteiger partial charge on any atom is -0.349 e. The first-order valence-corrected chi connectivity index (χ1v) is 8.43. The van der Waals surface area contributed by atoms with Gasteiger partial charge in [0.2, 0.25) is 5.91 Å². The molecule has 2 aromatic rings. The monoisotopic (exact) mass is 301 g/mol. The van der Waals surface area contributed by atoms with Gasteiger partial charge < -0.3 is 9.88 Å². The molecule has 0 atom stereocenters. The van der Waals surface area contributed by atoms with E-state index in [4.69, 9.17) is 4.98 Å². The standard InChI is InChI=1S/C18H27N3O/c1-4-7-12-21-16-11-9-8-10-15(16)20-17(21)13-19-18(22)14(5-2)6-3/h8-11,14H,4-7,12-13H2,1-3H3,(H,19,22). The predicted octanol–water partition coefficient (Wildman–Crippen LogP) is 3.89. The molecule has 0 bridgehead atoms. The Balaban J connectivity index is 2.17. The third-order valence-corrected chi connectivity index (χ3v) is 4.25. The van der Waals surface area contributed by atoms with Crippen molar-refractivity contribution in [2.45, 2.75) is 59.5 Å². The molecule has 2 rings (SSSR count). The summed E-state index contributed by atoms with van der Waals surface area (Å²) < 4.78 is 2.24. The van der Waals surface area contributed by atoms with Crippen LogP contribution in [0, 0.1) is 5.92 Å². The molecule has 120 valence electrons. The molecule has 0 aliphatic carbocycles. The zero-order valence-corrected chi connectivity index (χ0v) is 13.9. The third kappa shape index (κ3) is 3.67. The van der Waals surface area contributed by atoms with E-state index in [2.05, 4.69) is 36.7 Å². The highest BCUT2D eigenvalue weighted by molar-refractivity contribution is 5.79. The summed E-state index contributed by atoms with van der Waals surface area (Å²) in [5, 5.41) is 3.06. The summed E-state index contributed by atoms with van der Waals surface area (Å²) in [5.74, 6) is 1.20. The fourth-order valence-corrected chi connectivity index (χ4v) is 2.80. The first-order valence-electron chi connectivity index (χ1n) is 8.43. The van der Waals surface area contributed by atoms with Crippen LogP contribution in [0.1, 0.15) is 52.3 Å². The molecule has 1 aromatic heterocycles. The molecule has 0 radical (unpaired) electrons. The van der Waals surface area contributed by atoms with Crippen LogP contribution in [0.5, 0.6) is 0 Å². The number of aromatic nitrogens is 2. The Morgan fingerprint density at radius 2 is 1.95 bits per heavy atom. The van der Waals surface area contributed by atoms with Crippen LogP contribution < -0.4 is 5.32 Å². The van der Waals surface area contributed by atoms with Gasteiger partial charge >= 0.3 is 0 Å². The molecule has 0 fully saturated rings. The summed E-state index contributed by atoms with van der Waals surface area (Å²) in [6.45, 7) is 7.77. The van der Waals surface area contributed by atoms with Crippen LogP contribution in [0.15, 0.2) is 24.3 Å². The SMILES string of the molecule is CCCCn1c(CNC(=O)C(CC)CC)nc2ccccc21. The van der Waals surface area contributed by atoms with E-state index in [9.17, 15) is 4.79 Å². The second-order valence-corrected chi connectivity index (χ2v) is 5.75. The molecule has 1 N–H and O–H groups in total. The van der Waals surface area contributed by atoms with E-state index in [1.165, 1.54) is 0 Å². The molecule has 4 heteroatoms. The molecular formula is C18H27N3O. The lowest BCUT2D eigenvalue weighted by Gasteiger charge is -2.13. The third-order valence-electron chi connectivity index (χ3n) is 4.25. The Morgan fingerprint density at radius 1 is 1.23 bits per heavy atom. The molecule has 0 saturated heterocycles. The van der Waals surface area contributed by atoms with E-state index in [1.54, 1.807) is 0 Å². The Kier molecular flexibility index (Phi) is 5.99. The molecule has 1 heterocycles. The van der Waals surface area contributed by atoms with Gasteiger partial charge in [-0.15, -0.1) is 0 Å². The number of benzene rings is 1. The highest BCUT2D eigenvalue weighted by atomic mass is 16.1. The van der Waals surface area contributed by atoms with Crippen molar-refractivity contribution < 1.29 is 4.79 Å². The average Bonchev–Trinajstić information content (AvgIpc) is 2.89. The number of imidazole rings is 1. The second kappa shape index (κ2) is 7.97. The quantitative estimate of drug-likeness (QED) is 0.804. The predicted molar refractivity (Wildman–Crippen MR) is 90.6 cm³/mol. The van der Waals surface area contributed by atoms with Crippen LogP contribution in [0.4, 0.5) is 0 Å². The maximum Gasteiger partial charge on any atom is 0.223 e. The van der Waals surface area contributed by atoms with Crippen molar-refractivity contribution in [2.75, 3.05) is 0 Å². The Bertz CT molecular complexity index is 614. The second-order valence-electron chi connectivity index (χ2n) is 5.75. The van der Waals surface area contributed by atoms with E-state index < -0.39 is 0 Å². The van der Waals surface area contributed by atoms with Gasteiger partial charge in [-0.2, -0.15) is 0 Å². The van der Waals surface area contributed by atoms with Gasteiger partial charge in [-0.3, -0.25) is 4.79 Å². The smallest absolute Gasteiger partial charge is 0.223 e. The number of para-hydroxylation sites is 2. The molecule has 0 saturated carbocycles. The normalized spacial score (nSPS) is 11.3. The number of hydrogen-bond donors (Lipinski definition) is 1. The van der Waals surface area contributed by atoms with Gasteiger partial charge in [-0.25, -0.2) is 4.98 Å². The van der Waals surface area contributed by atoms with Gasteiger partial charge in [0.25, 0.3) is 0 Å². The van der Waals surface area contributed by atoms with Crippen LogP contribution in [0.3, 0.4) is 0 Å². The van der Waals surface area contributed by atoms with Gasteiger partial charge in [0.1, 0.15) is 5.82 Å². The van der Waals surface area contributed by atoms with Gasteiger partial charge in [0.15, 0.2) is 0 Å². The van der Waals surface area contributed by atoms with Crippen LogP contribution in [-0.4, -0.2) is 15.5 Å². The number of amides is 1. The van der Waals surface area contributed by atoms with Crippen LogP contribution in [0.2, 0.25) is 0 Å². The van der Waals surface area contributed by atoms with Crippen LogP contribution in [-0.2, 0) is 17.9 Å². The molecular weight excluding hydrogens is 274 g/mol. The summed E-state index contributed by atoms with van der Waals surface area (Å²) in [4.78, 5) is 16.9. The molecule has 4 nitrogen and oxygen atoms in total. The minimum atomic E-state index is 0.105. The first-order chi connectivity index (χ1) is 10.7. The van der Waals surface area contributed by atoms with Crippen molar-refractivity contribution in [2.24, 2.45) is 5.92 Å². The Labute approximate surface area is 132 Å². The fraction of sp³-hybridized carbons (Fsp3) is 0.556. The summed E-state index contributed by atoms with van der Waals surface area (Å²) in [6.07, 6.45) is 4.03. The highest BCUT2D eigenvalue weighted by Gasteiger charge is 2.15. The molecule has 0 aliphatic heterocycles. The number of carbonyl (C=O) groups is 1. The lowest BCUT2D eigenvalue weighted by molar-refractivity contribution is -0.125. The summed E-state index contributed by atoms with van der Waals surface area (Å²) >= 11 is 0. The summed E-state index contributed by atoms with van der Waals surface area (Å²) in [6, 6.07) is 8.18. The number of carbonyl (C=O) groups excluding carboxylic acids is 1. The lowest BCUT2D eigenvalue weighted by atomic mass is 10.0. The van der Waals surface area contributed by atoms with E-state index in [-0.39, 0.29) is 11.8 Å². The van der Waals surface area contributed by atoms with Gasteiger partial charge in [-0.1, -0.05) is 39.3 Å². The summed E-state index contributed by atoms with van der Waals surface area (Å²) in [7, 11) is 0. The number of nitrogens with zero attached hydrogens (tertiary/aromatic N) is 2. The molecule has 0 aliphatic rings. The first kappa shape index (κ1) is 16.5. The van der Waals surface area contributed by atoms with Crippen molar-refractivity contribution >= 4 is 16.9 Å². The Hall–Kier alpha value is -1.84. The van der Waals surface area contributed by atoms with E-state index >= 15 is 0 Å². The maximum absolute atomic E-state index is 12.2. The van der Waals surface area contributed by atoms with Gasteiger partial charge in [-0.05, 0) is 31.4 Å². The average molecular weight is 301 g/mol. The van der Waals surface area contributed by atoms with Crippen LogP contribution in [0.25, 0.3) is 11.0 Å². The highest BCUT2D eigenvalue weighted by Crippen LogP contribution is 2.17. The largest absolute Gasteiger partial charge is 0.349 e. The van der Waals surface area contributed by atoms with Gasteiger partial charge in [0.05, 0.1) is 17.6 Å². The molecule has 0 spiro atoms. The topological polar surface area (TPSA) is 46.9 Å². The number of rotatable bonds is 8. The maximum atomic E-state index is 12.2. The van der Waals surface area contributed by atoms with Crippen molar-refractivity contribution in [3.8, 4) is 0 Å².